The molecule has 0 amide bonds. The van der Waals surface area contributed by atoms with Gasteiger partial charge in [-0.05, 0) is 12.8 Å². The minimum Gasteiger partial charge on any atom is -0.404 e. The third-order valence-electron chi connectivity index (χ3n) is 2.52. The molecule has 0 saturated heterocycles. The zero-order valence-corrected chi connectivity index (χ0v) is 7.04. The van der Waals surface area contributed by atoms with E-state index >= 15 is 0 Å². The molecule has 76 valence electrons. The molecule has 0 unspecified atom stereocenters. The van der Waals surface area contributed by atoms with E-state index in [-0.39, 0.29) is 0 Å². The first kappa shape index (κ1) is 11.9. The topological polar surface area (TPSA) is 60.7 Å². The van der Waals surface area contributed by atoms with E-state index in [9.17, 15) is 13.2 Å². The standard InChI is InChI=1S/C6H7B2F3O3/c7-5(8,14)4(12,13)3(1-2-3)6(9,10)11/h12-14H,1-2H2. The van der Waals surface area contributed by atoms with Crippen LogP contribution in [0.25, 0.3) is 0 Å². The molecule has 4 radical (unpaired) electrons. The van der Waals surface area contributed by atoms with E-state index in [0.717, 1.165) is 0 Å². The molecular formula is C6H7B2F3O3. The maximum Gasteiger partial charge on any atom is 0.399 e. The Morgan fingerprint density at radius 1 is 1.00 bits per heavy atom. The van der Waals surface area contributed by atoms with Gasteiger partial charge in [0.25, 0.3) is 0 Å². The van der Waals surface area contributed by atoms with Crippen molar-refractivity contribution in [2.75, 3.05) is 0 Å². The lowest BCUT2D eigenvalue weighted by atomic mass is 9.56. The van der Waals surface area contributed by atoms with Gasteiger partial charge in [0.1, 0.15) is 21.1 Å². The smallest absolute Gasteiger partial charge is 0.399 e. The fourth-order valence-electron chi connectivity index (χ4n) is 1.34. The number of hydrogen-bond acceptors (Lipinski definition) is 3. The van der Waals surface area contributed by atoms with Crippen molar-refractivity contribution < 1.29 is 28.5 Å². The molecule has 1 fully saturated rings. The third-order valence-corrected chi connectivity index (χ3v) is 2.52. The van der Waals surface area contributed by atoms with E-state index in [1.54, 1.807) is 0 Å². The number of rotatable bonds is 2. The minimum atomic E-state index is -4.87. The number of alkyl halides is 3. The molecule has 0 aromatic heterocycles. The zero-order chi connectivity index (χ0) is 11.4. The highest BCUT2D eigenvalue weighted by atomic mass is 19.4. The minimum absolute atomic E-state index is 0.528. The van der Waals surface area contributed by atoms with E-state index in [2.05, 4.69) is 15.7 Å². The lowest BCUT2D eigenvalue weighted by Crippen LogP contribution is -2.64. The lowest BCUT2D eigenvalue weighted by Gasteiger charge is -2.42. The molecule has 0 aliphatic heterocycles. The van der Waals surface area contributed by atoms with Crippen molar-refractivity contribution in [1.82, 2.24) is 0 Å². The van der Waals surface area contributed by atoms with Crippen molar-refractivity contribution in [3.8, 4) is 0 Å². The molecule has 0 aromatic carbocycles. The molecule has 3 N–H and O–H groups in total. The Labute approximate surface area is 80.7 Å². The number of hydrogen-bond donors (Lipinski definition) is 3. The van der Waals surface area contributed by atoms with Crippen molar-refractivity contribution >= 4 is 15.7 Å². The Morgan fingerprint density at radius 3 is 1.43 bits per heavy atom. The SMILES string of the molecule is [B]C([B])(O)C(O)(O)C1(C(F)(F)F)CC1. The Bertz CT molecular complexity index is 228. The summed E-state index contributed by atoms with van der Waals surface area (Å²) in [5.41, 5.74) is -2.82. The van der Waals surface area contributed by atoms with Gasteiger partial charge in [-0.15, -0.1) is 0 Å². The molecule has 0 bridgehead atoms. The van der Waals surface area contributed by atoms with Gasteiger partial charge in [0.05, 0.1) is 0 Å². The first-order chi connectivity index (χ1) is 5.96. The van der Waals surface area contributed by atoms with Gasteiger partial charge < -0.3 is 15.3 Å². The van der Waals surface area contributed by atoms with Crippen LogP contribution in [0.5, 0.6) is 0 Å². The monoisotopic (exact) mass is 206 g/mol. The molecule has 0 atom stereocenters. The normalized spacial score (nSPS) is 22.1. The van der Waals surface area contributed by atoms with Crippen LogP contribution in [0.3, 0.4) is 0 Å². The summed E-state index contributed by atoms with van der Waals surface area (Å²) in [7, 11) is 9.34. The van der Waals surface area contributed by atoms with Crippen LogP contribution < -0.4 is 0 Å². The highest BCUT2D eigenvalue weighted by Crippen LogP contribution is 2.64. The summed E-state index contributed by atoms with van der Waals surface area (Å²) in [6.45, 7) is 0. The van der Waals surface area contributed by atoms with Crippen LogP contribution in [0.1, 0.15) is 12.8 Å². The predicted molar refractivity (Wildman–Crippen MR) is 41.3 cm³/mol. The first-order valence-corrected chi connectivity index (χ1v) is 3.77. The quantitative estimate of drug-likeness (QED) is 0.400. The Balaban J connectivity index is 3.05. The molecule has 0 heterocycles. The highest BCUT2D eigenvalue weighted by Gasteiger charge is 2.76. The molecule has 0 spiro atoms. The van der Waals surface area contributed by atoms with Crippen LogP contribution in [-0.2, 0) is 0 Å². The van der Waals surface area contributed by atoms with Crippen molar-refractivity contribution in [2.45, 2.75) is 30.2 Å². The van der Waals surface area contributed by atoms with Crippen LogP contribution in [0, 0.1) is 5.41 Å². The van der Waals surface area contributed by atoms with Gasteiger partial charge in [0.2, 0.25) is 0 Å². The average molecular weight is 206 g/mol. The maximum absolute atomic E-state index is 12.4. The molecular weight excluding hydrogens is 199 g/mol. The molecule has 0 aromatic rings. The van der Waals surface area contributed by atoms with E-state index in [4.69, 9.17) is 15.3 Å². The fourth-order valence-corrected chi connectivity index (χ4v) is 1.34. The van der Waals surface area contributed by atoms with E-state index < -0.39 is 35.6 Å². The fraction of sp³-hybridized carbons (Fsp3) is 1.00. The summed E-state index contributed by atoms with van der Waals surface area (Å²) in [6, 6.07) is 0. The first-order valence-electron chi connectivity index (χ1n) is 3.77. The van der Waals surface area contributed by atoms with Crippen LogP contribution in [-0.4, -0.2) is 48.4 Å². The average Bonchev–Trinajstić information content (AvgIpc) is 2.58. The van der Waals surface area contributed by atoms with Gasteiger partial charge in [0.15, 0.2) is 5.79 Å². The third kappa shape index (κ3) is 1.36. The second-order valence-electron chi connectivity index (χ2n) is 3.58. The molecule has 3 nitrogen and oxygen atoms in total. The van der Waals surface area contributed by atoms with Crippen molar-refractivity contribution in [3.63, 3.8) is 0 Å². The molecule has 1 rings (SSSR count). The largest absolute Gasteiger partial charge is 0.404 e. The van der Waals surface area contributed by atoms with Crippen molar-refractivity contribution in [1.29, 1.82) is 0 Å². The van der Waals surface area contributed by atoms with Crippen molar-refractivity contribution in [3.05, 3.63) is 0 Å². The Kier molecular flexibility index (Phi) is 2.27. The maximum atomic E-state index is 12.4. The van der Waals surface area contributed by atoms with Crippen molar-refractivity contribution in [2.24, 2.45) is 5.41 Å². The second kappa shape index (κ2) is 2.68. The summed E-state index contributed by atoms with van der Waals surface area (Å²) in [4.78, 5) is 0. The van der Waals surface area contributed by atoms with Gasteiger partial charge >= 0.3 is 6.18 Å². The highest BCUT2D eigenvalue weighted by molar-refractivity contribution is 6.39. The number of aliphatic hydroxyl groups is 3. The van der Waals surface area contributed by atoms with Crippen LogP contribution >= 0.6 is 0 Å². The lowest BCUT2D eigenvalue weighted by molar-refractivity contribution is -0.334. The van der Waals surface area contributed by atoms with Gasteiger partial charge in [-0.1, -0.05) is 0 Å². The molecule has 1 aliphatic rings. The number of halogens is 3. The predicted octanol–water partition coefficient (Wildman–Crippen LogP) is -1.01. The Morgan fingerprint density at radius 2 is 1.36 bits per heavy atom. The molecule has 14 heavy (non-hydrogen) atoms. The summed E-state index contributed by atoms with van der Waals surface area (Å²) in [5, 5.41) is 23.9. The van der Waals surface area contributed by atoms with Gasteiger partial charge in [-0.2, -0.15) is 13.2 Å². The second-order valence-corrected chi connectivity index (χ2v) is 3.58. The zero-order valence-electron chi connectivity index (χ0n) is 7.04. The van der Waals surface area contributed by atoms with Crippen LogP contribution in [0.15, 0.2) is 0 Å². The van der Waals surface area contributed by atoms with Crippen LogP contribution in [0.4, 0.5) is 13.2 Å². The molecule has 8 heteroatoms. The Hall–Kier alpha value is -0.200. The van der Waals surface area contributed by atoms with Gasteiger partial charge in [-0.3, -0.25) is 0 Å². The van der Waals surface area contributed by atoms with Gasteiger partial charge in [0, 0.05) is 5.40 Å². The summed E-state index contributed by atoms with van der Waals surface area (Å²) < 4.78 is 37.1. The van der Waals surface area contributed by atoms with E-state index in [1.807, 2.05) is 0 Å². The summed E-state index contributed by atoms with van der Waals surface area (Å²) in [6.07, 6.45) is -5.93. The molecule has 1 aliphatic carbocycles. The van der Waals surface area contributed by atoms with E-state index in [0.29, 0.717) is 0 Å². The molecule has 1 saturated carbocycles. The van der Waals surface area contributed by atoms with Crippen LogP contribution in [0.2, 0.25) is 0 Å². The summed E-state index contributed by atoms with van der Waals surface area (Å²) >= 11 is 0. The summed E-state index contributed by atoms with van der Waals surface area (Å²) in [5.74, 6) is -3.59. The van der Waals surface area contributed by atoms with E-state index in [1.165, 1.54) is 0 Å². The van der Waals surface area contributed by atoms with Gasteiger partial charge in [-0.25, -0.2) is 0 Å².